The first-order chi connectivity index (χ1) is 7.63. The second-order valence-electron chi connectivity index (χ2n) is 3.51. The summed E-state index contributed by atoms with van der Waals surface area (Å²) in [4.78, 5) is 10.2. The highest BCUT2D eigenvalue weighted by Gasteiger charge is 2.03. The van der Waals surface area contributed by atoms with E-state index in [4.69, 9.17) is 14.6 Å². The lowest BCUT2D eigenvalue weighted by Crippen LogP contribution is -2.09. The van der Waals surface area contributed by atoms with E-state index in [1.54, 1.807) is 7.11 Å². The third kappa shape index (κ3) is 3.90. The Bertz CT molecular complexity index is 360. The van der Waals surface area contributed by atoms with Crippen LogP contribution in [0, 0.1) is 6.92 Å². The monoisotopic (exact) mass is 224 g/mol. The zero-order valence-corrected chi connectivity index (χ0v) is 9.53. The molecule has 0 bridgehead atoms. The summed E-state index contributed by atoms with van der Waals surface area (Å²) in [7, 11) is 1.62. The molecule has 0 saturated carbocycles. The lowest BCUT2D eigenvalue weighted by Gasteiger charge is -2.09. The quantitative estimate of drug-likeness (QED) is 0.746. The zero-order valence-electron chi connectivity index (χ0n) is 9.53. The van der Waals surface area contributed by atoms with E-state index in [1.165, 1.54) is 0 Å². The van der Waals surface area contributed by atoms with Gasteiger partial charge in [-0.1, -0.05) is 17.7 Å². The van der Waals surface area contributed by atoms with Gasteiger partial charge in [0.25, 0.3) is 0 Å². The molecule has 16 heavy (non-hydrogen) atoms. The summed E-state index contributed by atoms with van der Waals surface area (Å²) in [6.45, 7) is 2.13. The van der Waals surface area contributed by atoms with Gasteiger partial charge in [0.2, 0.25) is 0 Å². The van der Waals surface area contributed by atoms with Gasteiger partial charge in [0.15, 0.2) is 0 Å². The number of hydrogen-bond acceptors (Lipinski definition) is 3. The Morgan fingerprint density at radius 2 is 2.19 bits per heavy atom. The normalized spacial score (nSPS) is 10.1. The predicted molar refractivity (Wildman–Crippen MR) is 59.9 cm³/mol. The highest BCUT2D eigenvalue weighted by Crippen LogP contribution is 2.19. The van der Waals surface area contributed by atoms with Crippen molar-refractivity contribution in [2.24, 2.45) is 0 Å². The van der Waals surface area contributed by atoms with E-state index in [1.807, 2.05) is 25.1 Å². The molecule has 0 aliphatic carbocycles. The number of rotatable bonds is 6. The number of hydrogen-bond donors (Lipinski definition) is 1. The largest absolute Gasteiger partial charge is 0.496 e. The van der Waals surface area contributed by atoms with E-state index >= 15 is 0 Å². The third-order valence-electron chi connectivity index (χ3n) is 2.18. The number of carbonyl (C=O) groups is 1. The van der Waals surface area contributed by atoms with Gasteiger partial charge in [-0.2, -0.15) is 0 Å². The predicted octanol–water partition coefficient (Wildman–Crippen LogP) is 1.65. The van der Waals surface area contributed by atoms with Gasteiger partial charge in [-0.3, -0.25) is 0 Å². The average Bonchev–Trinajstić information content (AvgIpc) is 2.24. The van der Waals surface area contributed by atoms with Crippen LogP contribution in [0.2, 0.25) is 0 Å². The summed E-state index contributed by atoms with van der Waals surface area (Å²) < 4.78 is 10.2. The minimum atomic E-state index is -0.948. The fourth-order valence-electron chi connectivity index (χ4n) is 1.44. The molecule has 1 N–H and O–H groups in total. The van der Waals surface area contributed by atoms with Gasteiger partial charge in [-0.15, -0.1) is 0 Å². The molecule has 0 aliphatic heterocycles. The second kappa shape index (κ2) is 6.12. The molecule has 0 aliphatic rings. The number of aryl methyl sites for hydroxylation is 1. The van der Waals surface area contributed by atoms with Crippen LogP contribution in [-0.4, -0.2) is 31.4 Å². The lowest BCUT2D eigenvalue weighted by atomic mass is 10.1. The van der Waals surface area contributed by atoms with Crippen LogP contribution in [0.15, 0.2) is 18.2 Å². The topological polar surface area (TPSA) is 55.8 Å². The molecular formula is C12H16O4. The maximum atomic E-state index is 10.2. The van der Waals surface area contributed by atoms with Crippen LogP contribution in [-0.2, 0) is 16.0 Å². The minimum Gasteiger partial charge on any atom is -0.496 e. The van der Waals surface area contributed by atoms with Gasteiger partial charge < -0.3 is 14.6 Å². The molecule has 4 nitrogen and oxygen atoms in total. The number of carboxylic acid groups (broad SMARTS) is 1. The van der Waals surface area contributed by atoms with Crippen molar-refractivity contribution < 1.29 is 19.4 Å². The van der Waals surface area contributed by atoms with E-state index in [2.05, 4.69) is 0 Å². The van der Waals surface area contributed by atoms with Crippen molar-refractivity contribution in [2.45, 2.75) is 13.3 Å². The van der Waals surface area contributed by atoms with E-state index in [0.717, 1.165) is 16.9 Å². The van der Waals surface area contributed by atoms with Gasteiger partial charge in [0.1, 0.15) is 12.4 Å². The zero-order chi connectivity index (χ0) is 12.0. The van der Waals surface area contributed by atoms with E-state index < -0.39 is 5.97 Å². The Morgan fingerprint density at radius 1 is 1.44 bits per heavy atom. The van der Waals surface area contributed by atoms with E-state index in [9.17, 15) is 4.79 Å². The van der Waals surface area contributed by atoms with Gasteiger partial charge in [-0.05, 0) is 25.0 Å². The van der Waals surface area contributed by atoms with Gasteiger partial charge >= 0.3 is 5.97 Å². The smallest absolute Gasteiger partial charge is 0.329 e. The van der Waals surface area contributed by atoms with Crippen molar-refractivity contribution in [1.82, 2.24) is 0 Å². The van der Waals surface area contributed by atoms with Crippen LogP contribution in [0.1, 0.15) is 11.1 Å². The highest BCUT2D eigenvalue weighted by atomic mass is 16.5. The molecule has 0 amide bonds. The van der Waals surface area contributed by atoms with Crippen LogP contribution in [0.4, 0.5) is 0 Å². The molecule has 0 aromatic heterocycles. The van der Waals surface area contributed by atoms with Crippen molar-refractivity contribution >= 4 is 5.97 Å². The minimum absolute atomic E-state index is 0.256. The number of aliphatic carboxylic acids is 1. The second-order valence-corrected chi connectivity index (χ2v) is 3.51. The average molecular weight is 224 g/mol. The molecular weight excluding hydrogens is 208 g/mol. The van der Waals surface area contributed by atoms with Crippen LogP contribution >= 0.6 is 0 Å². The van der Waals surface area contributed by atoms with Crippen molar-refractivity contribution in [3.05, 3.63) is 29.3 Å². The summed E-state index contributed by atoms with van der Waals surface area (Å²) >= 11 is 0. The molecule has 1 rings (SSSR count). The van der Waals surface area contributed by atoms with Crippen LogP contribution in [0.5, 0.6) is 5.75 Å². The maximum absolute atomic E-state index is 10.2. The number of ether oxygens (including phenoxy) is 2. The Morgan fingerprint density at radius 3 is 2.81 bits per heavy atom. The Labute approximate surface area is 94.8 Å². The molecule has 0 fully saturated rings. The van der Waals surface area contributed by atoms with Gasteiger partial charge in [0.05, 0.1) is 13.7 Å². The molecule has 0 heterocycles. The van der Waals surface area contributed by atoms with Crippen molar-refractivity contribution in [3.8, 4) is 5.75 Å². The summed E-state index contributed by atoms with van der Waals surface area (Å²) in [5.74, 6) is -0.138. The van der Waals surface area contributed by atoms with E-state index in [0.29, 0.717) is 13.0 Å². The molecule has 4 heteroatoms. The number of methoxy groups -OCH3 is 1. The highest BCUT2D eigenvalue weighted by molar-refractivity contribution is 5.67. The summed E-state index contributed by atoms with van der Waals surface area (Å²) in [5, 5.41) is 8.41. The van der Waals surface area contributed by atoms with Gasteiger partial charge in [-0.25, -0.2) is 4.79 Å². The fraction of sp³-hybridized carbons (Fsp3) is 0.417. The molecule has 0 unspecified atom stereocenters. The third-order valence-corrected chi connectivity index (χ3v) is 2.18. The molecule has 1 aromatic carbocycles. The SMILES string of the molecule is COc1ccc(C)cc1CCOCC(=O)O. The summed E-state index contributed by atoms with van der Waals surface area (Å²) in [6, 6.07) is 5.89. The number of benzene rings is 1. The standard InChI is InChI=1S/C12H16O4/c1-9-3-4-11(15-2)10(7-9)5-6-16-8-12(13)14/h3-4,7H,5-6,8H2,1-2H3,(H,13,14). The Balaban J connectivity index is 2.51. The van der Waals surface area contributed by atoms with Crippen molar-refractivity contribution in [1.29, 1.82) is 0 Å². The first-order valence-corrected chi connectivity index (χ1v) is 5.06. The van der Waals surface area contributed by atoms with E-state index in [-0.39, 0.29) is 6.61 Å². The van der Waals surface area contributed by atoms with Crippen LogP contribution in [0.25, 0.3) is 0 Å². The Hall–Kier alpha value is -1.55. The molecule has 0 radical (unpaired) electrons. The van der Waals surface area contributed by atoms with Crippen LogP contribution in [0.3, 0.4) is 0 Å². The number of carboxylic acids is 1. The van der Waals surface area contributed by atoms with Crippen molar-refractivity contribution in [3.63, 3.8) is 0 Å². The summed E-state index contributed by atoms with van der Waals surface area (Å²) in [6.07, 6.45) is 0.651. The summed E-state index contributed by atoms with van der Waals surface area (Å²) in [5.41, 5.74) is 2.18. The first kappa shape index (κ1) is 12.5. The van der Waals surface area contributed by atoms with Crippen LogP contribution < -0.4 is 4.74 Å². The fourth-order valence-corrected chi connectivity index (χ4v) is 1.44. The molecule has 1 aromatic rings. The molecule has 0 atom stereocenters. The maximum Gasteiger partial charge on any atom is 0.329 e. The van der Waals surface area contributed by atoms with Gasteiger partial charge in [0, 0.05) is 0 Å². The first-order valence-electron chi connectivity index (χ1n) is 5.06. The van der Waals surface area contributed by atoms with Crippen molar-refractivity contribution in [2.75, 3.05) is 20.3 Å². The molecule has 0 spiro atoms. The molecule has 0 saturated heterocycles. The molecule has 88 valence electrons. The Kier molecular flexibility index (Phi) is 4.79. The lowest BCUT2D eigenvalue weighted by molar-refractivity contribution is -0.142.